The van der Waals surface area contributed by atoms with Gasteiger partial charge in [0.05, 0.1) is 6.10 Å². The Hall–Kier alpha value is -2.37. The maximum absolute atomic E-state index is 12.3. The standard InChI is InChI=1S/C18H18ClNO4/c1-12(21)10-20-17(22)11-24-16-8-4-14(5-9-16)18(23)13-2-6-15(19)7-3-13/h2-9,12,21H,10-11H2,1H3,(H,20,22). The van der Waals surface area contributed by atoms with Crippen LogP contribution in [-0.2, 0) is 4.79 Å². The fourth-order valence-electron chi connectivity index (χ4n) is 1.93. The van der Waals surface area contributed by atoms with E-state index < -0.39 is 6.10 Å². The summed E-state index contributed by atoms with van der Waals surface area (Å²) in [6.07, 6.45) is -0.605. The number of halogens is 1. The molecule has 0 saturated heterocycles. The summed E-state index contributed by atoms with van der Waals surface area (Å²) in [5.74, 6) is 0.0416. The van der Waals surface area contributed by atoms with Crippen molar-refractivity contribution in [2.24, 2.45) is 0 Å². The molecule has 2 aromatic rings. The lowest BCUT2D eigenvalue weighted by Crippen LogP contribution is -2.34. The molecule has 126 valence electrons. The molecule has 5 nitrogen and oxygen atoms in total. The van der Waals surface area contributed by atoms with Gasteiger partial charge in [-0.3, -0.25) is 9.59 Å². The van der Waals surface area contributed by atoms with E-state index in [1.54, 1.807) is 55.5 Å². The number of hydrogen-bond donors (Lipinski definition) is 2. The molecule has 0 aliphatic rings. The topological polar surface area (TPSA) is 75.6 Å². The lowest BCUT2D eigenvalue weighted by atomic mass is 10.0. The van der Waals surface area contributed by atoms with Gasteiger partial charge in [-0.05, 0) is 55.5 Å². The van der Waals surface area contributed by atoms with Gasteiger partial charge in [0.2, 0.25) is 0 Å². The number of carbonyl (C=O) groups is 2. The summed E-state index contributed by atoms with van der Waals surface area (Å²) in [5, 5.41) is 12.2. The van der Waals surface area contributed by atoms with Gasteiger partial charge < -0.3 is 15.2 Å². The predicted molar refractivity (Wildman–Crippen MR) is 91.5 cm³/mol. The van der Waals surface area contributed by atoms with E-state index in [0.29, 0.717) is 21.9 Å². The molecule has 0 aromatic heterocycles. The van der Waals surface area contributed by atoms with Crippen molar-refractivity contribution in [2.45, 2.75) is 13.0 Å². The highest BCUT2D eigenvalue weighted by molar-refractivity contribution is 6.30. The Kier molecular flexibility index (Phi) is 6.35. The van der Waals surface area contributed by atoms with Crippen LogP contribution in [0.2, 0.25) is 5.02 Å². The molecule has 0 aliphatic heterocycles. The van der Waals surface area contributed by atoms with Crippen molar-refractivity contribution < 1.29 is 19.4 Å². The monoisotopic (exact) mass is 347 g/mol. The van der Waals surface area contributed by atoms with Gasteiger partial charge >= 0.3 is 0 Å². The number of nitrogens with one attached hydrogen (secondary N) is 1. The molecule has 6 heteroatoms. The van der Waals surface area contributed by atoms with E-state index in [1.165, 1.54) is 0 Å². The summed E-state index contributed by atoms with van der Waals surface area (Å²) in [7, 11) is 0. The van der Waals surface area contributed by atoms with Crippen LogP contribution in [0.4, 0.5) is 0 Å². The van der Waals surface area contributed by atoms with E-state index in [1.807, 2.05) is 0 Å². The number of amides is 1. The maximum Gasteiger partial charge on any atom is 0.258 e. The third kappa shape index (κ3) is 5.37. The van der Waals surface area contributed by atoms with E-state index in [4.69, 9.17) is 21.4 Å². The molecule has 0 fully saturated rings. The fraction of sp³-hybridized carbons (Fsp3) is 0.222. The largest absolute Gasteiger partial charge is 0.484 e. The molecule has 0 heterocycles. The van der Waals surface area contributed by atoms with Crippen LogP contribution in [0.3, 0.4) is 0 Å². The molecule has 2 N–H and O–H groups in total. The zero-order valence-electron chi connectivity index (χ0n) is 13.2. The highest BCUT2D eigenvalue weighted by Crippen LogP contribution is 2.17. The van der Waals surface area contributed by atoms with Crippen LogP contribution in [0.15, 0.2) is 48.5 Å². The van der Waals surface area contributed by atoms with Crippen molar-refractivity contribution >= 4 is 23.3 Å². The number of benzene rings is 2. The van der Waals surface area contributed by atoms with E-state index in [9.17, 15) is 9.59 Å². The zero-order chi connectivity index (χ0) is 17.5. The summed E-state index contributed by atoms with van der Waals surface area (Å²) in [4.78, 5) is 23.8. The number of aliphatic hydroxyl groups is 1. The van der Waals surface area contributed by atoms with Gasteiger partial charge in [-0.2, -0.15) is 0 Å². The van der Waals surface area contributed by atoms with E-state index in [2.05, 4.69) is 5.32 Å². The Labute approximate surface area is 145 Å². The number of ether oxygens (including phenoxy) is 1. The van der Waals surface area contributed by atoms with E-state index in [-0.39, 0.29) is 24.8 Å². The van der Waals surface area contributed by atoms with Gasteiger partial charge in [0.1, 0.15) is 5.75 Å². The summed E-state index contributed by atoms with van der Waals surface area (Å²) in [6, 6.07) is 13.2. The average molecular weight is 348 g/mol. The molecule has 0 aliphatic carbocycles. The first kappa shape index (κ1) is 18.0. The van der Waals surface area contributed by atoms with Crippen LogP contribution < -0.4 is 10.1 Å². The molecular formula is C18H18ClNO4. The molecule has 2 rings (SSSR count). The maximum atomic E-state index is 12.3. The van der Waals surface area contributed by atoms with Crippen LogP contribution in [0, 0.1) is 0 Å². The van der Waals surface area contributed by atoms with E-state index in [0.717, 1.165) is 0 Å². The SMILES string of the molecule is CC(O)CNC(=O)COc1ccc(C(=O)c2ccc(Cl)cc2)cc1. The van der Waals surface area contributed by atoms with Crippen LogP contribution in [0.1, 0.15) is 22.8 Å². The summed E-state index contributed by atoms with van der Waals surface area (Å²) < 4.78 is 5.33. The molecule has 24 heavy (non-hydrogen) atoms. The first-order valence-corrected chi connectivity index (χ1v) is 7.81. The van der Waals surface area contributed by atoms with Crippen LogP contribution in [-0.4, -0.2) is 36.1 Å². The minimum absolute atomic E-state index is 0.118. The Bertz CT molecular complexity index is 696. The zero-order valence-corrected chi connectivity index (χ0v) is 13.9. The molecule has 2 aromatic carbocycles. The highest BCUT2D eigenvalue weighted by Gasteiger charge is 2.09. The van der Waals surface area contributed by atoms with Gasteiger partial charge in [-0.1, -0.05) is 11.6 Å². The predicted octanol–water partition coefficient (Wildman–Crippen LogP) is 2.45. The van der Waals surface area contributed by atoms with Gasteiger partial charge in [0.15, 0.2) is 12.4 Å². The van der Waals surface area contributed by atoms with Crippen LogP contribution in [0.25, 0.3) is 0 Å². The number of aliphatic hydroxyl groups excluding tert-OH is 1. The second-order valence-electron chi connectivity index (χ2n) is 5.30. The second kappa shape index (κ2) is 8.47. The van der Waals surface area contributed by atoms with Crippen molar-refractivity contribution in [3.8, 4) is 5.75 Å². The average Bonchev–Trinajstić information content (AvgIpc) is 2.58. The summed E-state index contributed by atoms with van der Waals surface area (Å²) in [6.45, 7) is 1.60. The molecule has 0 radical (unpaired) electrons. The Balaban J connectivity index is 1.92. The van der Waals surface area contributed by atoms with Gasteiger partial charge in [0, 0.05) is 22.7 Å². The molecule has 1 unspecified atom stereocenters. The number of ketones is 1. The minimum atomic E-state index is -0.605. The molecule has 0 bridgehead atoms. The van der Waals surface area contributed by atoms with Gasteiger partial charge in [0.25, 0.3) is 5.91 Å². The normalized spacial score (nSPS) is 11.6. The Morgan fingerprint density at radius 3 is 2.17 bits per heavy atom. The van der Waals surface area contributed by atoms with Crippen molar-refractivity contribution in [1.29, 1.82) is 0 Å². The third-order valence-electron chi connectivity index (χ3n) is 3.19. The number of rotatable bonds is 7. The third-order valence-corrected chi connectivity index (χ3v) is 3.44. The molecule has 1 amide bonds. The van der Waals surface area contributed by atoms with Crippen molar-refractivity contribution in [1.82, 2.24) is 5.32 Å². The first-order chi connectivity index (χ1) is 11.5. The number of hydrogen-bond acceptors (Lipinski definition) is 4. The fourth-order valence-corrected chi connectivity index (χ4v) is 2.06. The Morgan fingerprint density at radius 2 is 1.62 bits per heavy atom. The first-order valence-electron chi connectivity index (χ1n) is 7.43. The molecular weight excluding hydrogens is 330 g/mol. The van der Waals surface area contributed by atoms with Crippen molar-refractivity contribution in [3.63, 3.8) is 0 Å². The quantitative estimate of drug-likeness (QED) is 0.754. The smallest absolute Gasteiger partial charge is 0.258 e. The summed E-state index contributed by atoms with van der Waals surface area (Å²) >= 11 is 5.81. The number of carbonyl (C=O) groups excluding carboxylic acids is 2. The van der Waals surface area contributed by atoms with Gasteiger partial charge in [-0.15, -0.1) is 0 Å². The van der Waals surface area contributed by atoms with Crippen molar-refractivity contribution in [3.05, 3.63) is 64.7 Å². The minimum Gasteiger partial charge on any atom is -0.484 e. The lowest BCUT2D eigenvalue weighted by Gasteiger charge is -2.09. The molecule has 1 atom stereocenters. The van der Waals surface area contributed by atoms with Crippen molar-refractivity contribution in [2.75, 3.05) is 13.2 Å². The van der Waals surface area contributed by atoms with E-state index >= 15 is 0 Å². The Morgan fingerprint density at radius 1 is 1.08 bits per heavy atom. The molecule has 0 saturated carbocycles. The molecule has 0 spiro atoms. The lowest BCUT2D eigenvalue weighted by molar-refractivity contribution is -0.123. The highest BCUT2D eigenvalue weighted by atomic mass is 35.5. The van der Waals surface area contributed by atoms with Gasteiger partial charge in [-0.25, -0.2) is 0 Å². The summed E-state index contributed by atoms with van der Waals surface area (Å²) in [5.41, 5.74) is 1.06. The van der Waals surface area contributed by atoms with Crippen LogP contribution in [0.5, 0.6) is 5.75 Å². The second-order valence-corrected chi connectivity index (χ2v) is 5.74. The van der Waals surface area contributed by atoms with Crippen LogP contribution >= 0.6 is 11.6 Å².